The monoisotopic (exact) mass is 256 g/mol. The lowest BCUT2D eigenvalue weighted by atomic mass is 10.0. The molecule has 4 nitrogen and oxygen atoms in total. The normalized spacial score (nSPS) is 17.9. The van der Waals surface area contributed by atoms with Crippen molar-refractivity contribution < 1.29 is 9.59 Å². The SMILES string of the molecule is CC(C)=CC(=O)C1C=CN(c2ccccc2)NC1=O. The van der Waals surface area contributed by atoms with Crippen LogP contribution in [-0.4, -0.2) is 11.7 Å². The molecule has 0 radical (unpaired) electrons. The van der Waals surface area contributed by atoms with Crippen LogP contribution in [0.4, 0.5) is 5.69 Å². The summed E-state index contributed by atoms with van der Waals surface area (Å²) in [6.45, 7) is 3.66. The lowest BCUT2D eigenvalue weighted by molar-refractivity contribution is -0.130. The maximum Gasteiger partial charge on any atom is 0.253 e. The number of hydrazine groups is 1. The van der Waals surface area contributed by atoms with Crippen LogP contribution in [-0.2, 0) is 9.59 Å². The predicted molar refractivity (Wildman–Crippen MR) is 74.1 cm³/mol. The van der Waals surface area contributed by atoms with Gasteiger partial charge in [0, 0.05) is 6.20 Å². The average Bonchev–Trinajstić information content (AvgIpc) is 2.38. The van der Waals surface area contributed by atoms with E-state index in [2.05, 4.69) is 5.43 Å². The van der Waals surface area contributed by atoms with E-state index in [0.717, 1.165) is 11.3 Å². The Labute approximate surface area is 112 Å². The molecule has 1 heterocycles. The number of anilines is 1. The van der Waals surface area contributed by atoms with Gasteiger partial charge in [0.1, 0.15) is 5.92 Å². The lowest BCUT2D eigenvalue weighted by Crippen LogP contribution is -2.47. The van der Waals surface area contributed by atoms with Gasteiger partial charge in [0.2, 0.25) is 0 Å². The van der Waals surface area contributed by atoms with Crippen molar-refractivity contribution in [2.75, 3.05) is 5.01 Å². The third-order valence-electron chi connectivity index (χ3n) is 2.71. The fraction of sp³-hybridized carbons (Fsp3) is 0.200. The second kappa shape index (κ2) is 5.52. The maximum atomic E-state index is 11.9. The number of rotatable bonds is 3. The fourth-order valence-electron chi connectivity index (χ4n) is 1.82. The Morgan fingerprint density at radius 1 is 1.26 bits per heavy atom. The van der Waals surface area contributed by atoms with Crippen molar-refractivity contribution in [1.82, 2.24) is 5.43 Å². The van der Waals surface area contributed by atoms with Gasteiger partial charge in [-0.2, -0.15) is 0 Å². The zero-order valence-corrected chi connectivity index (χ0v) is 11.0. The van der Waals surface area contributed by atoms with Crippen molar-refractivity contribution in [2.24, 2.45) is 5.92 Å². The highest BCUT2D eigenvalue weighted by Crippen LogP contribution is 2.17. The van der Waals surface area contributed by atoms with E-state index in [9.17, 15) is 9.59 Å². The number of benzene rings is 1. The van der Waals surface area contributed by atoms with Crippen LogP contribution in [0.15, 0.2) is 54.3 Å². The second-order valence-electron chi connectivity index (χ2n) is 4.62. The number of para-hydroxylation sites is 1. The van der Waals surface area contributed by atoms with Gasteiger partial charge in [-0.3, -0.25) is 20.0 Å². The van der Waals surface area contributed by atoms with Crippen molar-refractivity contribution in [3.63, 3.8) is 0 Å². The van der Waals surface area contributed by atoms with Gasteiger partial charge in [0.25, 0.3) is 5.91 Å². The second-order valence-corrected chi connectivity index (χ2v) is 4.62. The molecule has 0 fully saturated rings. The van der Waals surface area contributed by atoms with Gasteiger partial charge in [-0.25, -0.2) is 0 Å². The van der Waals surface area contributed by atoms with Crippen LogP contribution in [0.1, 0.15) is 13.8 Å². The summed E-state index contributed by atoms with van der Waals surface area (Å²) in [5, 5.41) is 1.61. The third-order valence-corrected chi connectivity index (χ3v) is 2.71. The summed E-state index contributed by atoms with van der Waals surface area (Å²) in [6, 6.07) is 9.43. The van der Waals surface area contributed by atoms with E-state index in [1.54, 1.807) is 17.3 Å². The Balaban J connectivity index is 2.17. The number of hydrogen-bond acceptors (Lipinski definition) is 3. The molecule has 0 aliphatic carbocycles. The van der Waals surface area contributed by atoms with Gasteiger partial charge in [0.05, 0.1) is 5.69 Å². The van der Waals surface area contributed by atoms with Gasteiger partial charge < -0.3 is 0 Å². The largest absolute Gasteiger partial charge is 0.294 e. The number of carbonyl (C=O) groups is 2. The molecule has 0 saturated heterocycles. The lowest BCUT2D eigenvalue weighted by Gasteiger charge is -2.27. The number of carbonyl (C=O) groups excluding carboxylic acids is 2. The van der Waals surface area contributed by atoms with Crippen LogP contribution < -0.4 is 10.4 Å². The molecule has 1 atom stereocenters. The molecule has 0 spiro atoms. The topological polar surface area (TPSA) is 49.4 Å². The Bertz CT molecular complexity index is 543. The van der Waals surface area contributed by atoms with Gasteiger partial charge in [-0.15, -0.1) is 0 Å². The maximum absolute atomic E-state index is 11.9. The van der Waals surface area contributed by atoms with Gasteiger partial charge in [0.15, 0.2) is 5.78 Å². The molecule has 1 aromatic rings. The Hall–Kier alpha value is -2.36. The summed E-state index contributed by atoms with van der Waals surface area (Å²) in [4.78, 5) is 23.8. The van der Waals surface area contributed by atoms with E-state index >= 15 is 0 Å². The van der Waals surface area contributed by atoms with Crippen molar-refractivity contribution in [2.45, 2.75) is 13.8 Å². The number of nitrogens with zero attached hydrogens (tertiary/aromatic N) is 1. The Morgan fingerprint density at radius 2 is 1.95 bits per heavy atom. The molecule has 1 amide bonds. The minimum atomic E-state index is -0.741. The molecule has 0 saturated carbocycles. The highest BCUT2D eigenvalue weighted by molar-refractivity contribution is 6.09. The number of nitrogens with one attached hydrogen (secondary N) is 1. The first-order valence-corrected chi connectivity index (χ1v) is 6.10. The summed E-state index contributed by atoms with van der Waals surface area (Å²) >= 11 is 0. The summed E-state index contributed by atoms with van der Waals surface area (Å²) in [5.74, 6) is -1.25. The van der Waals surface area contributed by atoms with E-state index in [0.29, 0.717) is 0 Å². The minimum absolute atomic E-state index is 0.193. The molecule has 1 N–H and O–H groups in total. The molecular weight excluding hydrogens is 240 g/mol. The Kier molecular flexibility index (Phi) is 3.80. The smallest absolute Gasteiger partial charge is 0.253 e. The molecule has 4 heteroatoms. The molecule has 19 heavy (non-hydrogen) atoms. The molecular formula is C15H16N2O2. The average molecular weight is 256 g/mol. The van der Waals surface area contributed by atoms with E-state index < -0.39 is 5.92 Å². The standard InChI is InChI=1S/C15H16N2O2/c1-11(2)10-14(18)13-8-9-17(16-15(13)19)12-6-4-3-5-7-12/h3-10,13H,1-2H3,(H,16,19). The predicted octanol–water partition coefficient (Wildman–Crippen LogP) is 2.20. The number of allylic oxidation sites excluding steroid dienone is 2. The van der Waals surface area contributed by atoms with Gasteiger partial charge in [-0.05, 0) is 38.1 Å². The van der Waals surface area contributed by atoms with E-state index in [1.165, 1.54) is 6.08 Å². The van der Waals surface area contributed by atoms with Crippen molar-refractivity contribution >= 4 is 17.4 Å². The van der Waals surface area contributed by atoms with Gasteiger partial charge in [-0.1, -0.05) is 23.8 Å². The first-order valence-electron chi connectivity index (χ1n) is 6.10. The summed E-state index contributed by atoms with van der Waals surface area (Å²) in [7, 11) is 0. The molecule has 0 bridgehead atoms. The molecule has 1 aliphatic rings. The first-order chi connectivity index (χ1) is 9.08. The Morgan fingerprint density at radius 3 is 2.53 bits per heavy atom. The van der Waals surface area contributed by atoms with Crippen LogP contribution in [0, 0.1) is 5.92 Å². The molecule has 2 rings (SSSR count). The van der Waals surface area contributed by atoms with Crippen molar-refractivity contribution in [3.8, 4) is 0 Å². The van der Waals surface area contributed by atoms with Crippen LogP contribution >= 0.6 is 0 Å². The zero-order chi connectivity index (χ0) is 13.8. The summed E-state index contributed by atoms with van der Waals surface area (Å²) in [6.07, 6.45) is 4.82. The fourth-order valence-corrected chi connectivity index (χ4v) is 1.82. The summed E-state index contributed by atoms with van der Waals surface area (Å²) < 4.78 is 0. The van der Waals surface area contributed by atoms with Crippen LogP contribution in [0.5, 0.6) is 0 Å². The zero-order valence-electron chi connectivity index (χ0n) is 11.0. The van der Waals surface area contributed by atoms with E-state index in [4.69, 9.17) is 0 Å². The molecule has 0 aromatic heterocycles. The van der Waals surface area contributed by atoms with Crippen molar-refractivity contribution in [3.05, 3.63) is 54.3 Å². The van der Waals surface area contributed by atoms with Crippen LogP contribution in [0.2, 0.25) is 0 Å². The van der Waals surface area contributed by atoms with Crippen molar-refractivity contribution in [1.29, 1.82) is 0 Å². The quantitative estimate of drug-likeness (QED) is 0.666. The molecule has 1 aliphatic heterocycles. The molecule has 1 aromatic carbocycles. The number of ketones is 1. The first kappa shape index (κ1) is 13.1. The highest BCUT2D eigenvalue weighted by Gasteiger charge is 2.27. The van der Waals surface area contributed by atoms with Crippen LogP contribution in [0.3, 0.4) is 0 Å². The molecule has 1 unspecified atom stereocenters. The number of hydrogen-bond donors (Lipinski definition) is 1. The van der Waals surface area contributed by atoms with E-state index in [-0.39, 0.29) is 11.7 Å². The van der Waals surface area contributed by atoms with Crippen LogP contribution in [0.25, 0.3) is 0 Å². The highest BCUT2D eigenvalue weighted by atomic mass is 16.2. The minimum Gasteiger partial charge on any atom is -0.294 e. The van der Waals surface area contributed by atoms with E-state index in [1.807, 2.05) is 44.2 Å². The molecule has 98 valence electrons. The summed E-state index contributed by atoms with van der Waals surface area (Å²) in [5.41, 5.74) is 4.43. The number of amides is 1. The third kappa shape index (κ3) is 3.10. The van der Waals surface area contributed by atoms with Gasteiger partial charge >= 0.3 is 0 Å².